The Hall–Kier alpha value is -1.77. The molecule has 0 radical (unpaired) electrons. The van der Waals surface area contributed by atoms with Crippen LogP contribution in [0.4, 0.5) is 5.69 Å². The summed E-state index contributed by atoms with van der Waals surface area (Å²) in [5.74, 6) is -0.0926. The Kier molecular flexibility index (Phi) is 4.28. The highest BCUT2D eigenvalue weighted by Crippen LogP contribution is 2.15. The van der Waals surface area contributed by atoms with Crippen LogP contribution in [0.3, 0.4) is 0 Å². The van der Waals surface area contributed by atoms with Gasteiger partial charge in [-0.2, -0.15) is 0 Å². The largest absolute Gasteiger partial charge is 0.365 e. The van der Waals surface area contributed by atoms with Crippen molar-refractivity contribution in [3.8, 4) is 0 Å². The Labute approximate surface area is 123 Å². The topological polar surface area (TPSA) is 91.4 Å². The second kappa shape index (κ2) is 6.33. The van der Waals surface area contributed by atoms with E-state index in [1.165, 1.54) is 6.33 Å². The zero-order valence-corrected chi connectivity index (χ0v) is 12.0. The minimum Gasteiger partial charge on any atom is -0.365 e. The fraction of sp³-hybridized carbons (Fsp3) is 0.615. The van der Waals surface area contributed by atoms with Crippen molar-refractivity contribution < 1.29 is 9.53 Å². The first-order valence-electron chi connectivity index (χ1n) is 7.15. The number of rotatable bonds is 3. The number of carbonyl (C=O) groups excluding carboxylic acids is 1. The number of amides is 1. The molecular formula is C13H20N6O2. The maximum absolute atomic E-state index is 12.3. The molecule has 0 bridgehead atoms. The summed E-state index contributed by atoms with van der Waals surface area (Å²) in [6.07, 6.45) is 5.32. The molecule has 114 valence electrons. The van der Waals surface area contributed by atoms with Gasteiger partial charge in [0.2, 0.25) is 0 Å². The van der Waals surface area contributed by atoms with E-state index in [1.807, 2.05) is 0 Å². The van der Waals surface area contributed by atoms with E-state index in [0.29, 0.717) is 19.2 Å². The second-order valence-corrected chi connectivity index (χ2v) is 5.39. The molecule has 3 rings (SSSR count). The number of anilines is 1. The first-order chi connectivity index (χ1) is 10.2. The van der Waals surface area contributed by atoms with Gasteiger partial charge in [-0.25, -0.2) is 15.4 Å². The smallest absolute Gasteiger partial charge is 0.252 e. The number of carbonyl (C=O) groups is 1. The molecule has 3 atom stereocenters. The number of aromatic nitrogens is 2. The molecule has 8 heteroatoms. The average Bonchev–Trinajstić information content (AvgIpc) is 2.93. The lowest BCUT2D eigenvalue weighted by Crippen LogP contribution is -2.54. The van der Waals surface area contributed by atoms with Crippen LogP contribution < -0.4 is 21.1 Å². The number of morpholine rings is 1. The number of ether oxygens (including phenoxy) is 1. The van der Waals surface area contributed by atoms with Gasteiger partial charge >= 0.3 is 0 Å². The maximum atomic E-state index is 12.3. The van der Waals surface area contributed by atoms with Crippen LogP contribution in [0.5, 0.6) is 0 Å². The van der Waals surface area contributed by atoms with Crippen LogP contribution >= 0.6 is 0 Å². The quantitative estimate of drug-likeness (QED) is 0.659. The standard InChI is InChI=1S/C13H20N6O2/c1-9-4-12(18-17-9)16-13(20)11-7-19(2-3-21-11)10-5-14-8-15-6-10/h5-6,8-9,11-12,17-18H,2-4,7H2,1H3,(H,16,20). The van der Waals surface area contributed by atoms with Crippen LogP contribution in [0.25, 0.3) is 0 Å². The van der Waals surface area contributed by atoms with E-state index in [1.54, 1.807) is 12.4 Å². The summed E-state index contributed by atoms with van der Waals surface area (Å²) in [6, 6.07) is 0.348. The van der Waals surface area contributed by atoms with Crippen molar-refractivity contribution in [3.63, 3.8) is 0 Å². The first-order valence-corrected chi connectivity index (χ1v) is 7.15. The molecule has 2 saturated heterocycles. The van der Waals surface area contributed by atoms with Crippen LogP contribution in [0.15, 0.2) is 18.7 Å². The van der Waals surface area contributed by atoms with Gasteiger partial charge in [0.1, 0.15) is 6.33 Å². The summed E-state index contributed by atoms with van der Waals surface area (Å²) in [6.45, 7) is 3.82. The molecule has 1 aromatic rings. The summed E-state index contributed by atoms with van der Waals surface area (Å²) >= 11 is 0. The monoisotopic (exact) mass is 292 g/mol. The normalized spacial score (nSPS) is 29.4. The van der Waals surface area contributed by atoms with Gasteiger partial charge in [0.25, 0.3) is 5.91 Å². The van der Waals surface area contributed by atoms with E-state index in [2.05, 4.69) is 38.0 Å². The van der Waals surface area contributed by atoms with E-state index in [0.717, 1.165) is 18.7 Å². The number of nitrogens with one attached hydrogen (secondary N) is 3. The van der Waals surface area contributed by atoms with Gasteiger partial charge in [0.05, 0.1) is 37.4 Å². The molecule has 21 heavy (non-hydrogen) atoms. The Morgan fingerprint density at radius 3 is 2.95 bits per heavy atom. The van der Waals surface area contributed by atoms with Gasteiger partial charge in [-0.15, -0.1) is 0 Å². The van der Waals surface area contributed by atoms with Crippen molar-refractivity contribution in [2.45, 2.75) is 31.7 Å². The van der Waals surface area contributed by atoms with E-state index >= 15 is 0 Å². The molecule has 1 amide bonds. The SMILES string of the molecule is CC1CC(NC(=O)C2CN(c3cncnc3)CCO2)NN1. The predicted octanol–water partition coefficient (Wildman–Crippen LogP) is -0.989. The zero-order chi connectivity index (χ0) is 14.7. The zero-order valence-electron chi connectivity index (χ0n) is 12.0. The van der Waals surface area contributed by atoms with Crippen LogP contribution in [0, 0.1) is 0 Å². The highest BCUT2D eigenvalue weighted by molar-refractivity contribution is 5.82. The van der Waals surface area contributed by atoms with Crippen molar-refractivity contribution in [3.05, 3.63) is 18.7 Å². The van der Waals surface area contributed by atoms with Crippen molar-refractivity contribution in [2.75, 3.05) is 24.6 Å². The van der Waals surface area contributed by atoms with Crippen LogP contribution in [-0.2, 0) is 9.53 Å². The van der Waals surface area contributed by atoms with Crippen LogP contribution in [-0.4, -0.2) is 53.9 Å². The summed E-state index contributed by atoms with van der Waals surface area (Å²) in [7, 11) is 0. The Morgan fingerprint density at radius 2 is 2.24 bits per heavy atom. The molecule has 3 unspecified atom stereocenters. The molecule has 3 N–H and O–H groups in total. The molecule has 3 heterocycles. The summed E-state index contributed by atoms with van der Waals surface area (Å²) in [5, 5.41) is 2.96. The number of hydrogen-bond donors (Lipinski definition) is 3. The summed E-state index contributed by atoms with van der Waals surface area (Å²) in [4.78, 5) is 22.4. The molecule has 0 spiro atoms. The maximum Gasteiger partial charge on any atom is 0.252 e. The van der Waals surface area contributed by atoms with Gasteiger partial charge < -0.3 is 15.0 Å². The number of nitrogens with zero attached hydrogens (tertiary/aromatic N) is 3. The number of hydrazine groups is 1. The van der Waals surface area contributed by atoms with Gasteiger partial charge in [-0.1, -0.05) is 0 Å². The van der Waals surface area contributed by atoms with Crippen molar-refractivity contribution >= 4 is 11.6 Å². The summed E-state index contributed by atoms with van der Waals surface area (Å²) < 4.78 is 5.59. The summed E-state index contributed by atoms with van der Waals surface area (Å²) in [5.41, 5.74) is 7.04. The fourth-order valence-electron chi connectivity index (χ4n) is 2.57. The minimum atomic E-state index is -0.475. The van der Waals surface area contributed by atoms with E-state index in [-0.39, 0.29) is 12.1 Å². The van der Waals surface area contributed by atoms with Crippen LogP contribution in [0.2, 0.25) is 0 Å². The lowest BCUT2D eigenvalue weighted by Gasteiger charge is -2.33. The predicted molar refractivity (Wildman–Crippen MR) is 76.3 cm³/mol. The molecular weight excluding hydrogens is 272 g/mol. The highest BCUT2D eigenvalue weighted by Gasteiger charge is 2.30. The Morgan fingerprint density at radius 1 is 1.43 bits per heavy atom. The molecule has 8 nitrogen and oxygen atoms in total. The van der Waals surface area contributed by atoms with E-state index in [9.17, 15) is 4.79 Å². The molecule has 1 aromatic heterocycles. The average molecular weight is 292 g/mol. The third-order valence-electron chi connectivity index (χ3n) is 3.68. The molecule has 2 aliphatic heterocycles. The fourth-order valence-corrected chi connectivity index (χ4v) is 2.57. The highest BCUT2D eigenvalue weighted by atomic mass is 16.5. The third kappa shape index (κ3) is 3.46. The van der Waals surface area contributed by atoms with Gasteiger partial charge in [-0.3, -0.25) is 10.2 Å². The van der Waals surface area contributed by atoms with E-state index in [4.69, 9.17) is 4.74 Å². The van der Waals surface area contributed by atoms with Crippen LogP contribution in [0.1, 0.15) is 13.3 Å². The van der Waals surface area contributed by atoms with E-state index < -0.39 is 6.10 Å². The number of hydrogen-bond acceptors (Lipinski definition) is 7. The van der Waals surface area contributed by atoms with Gasteiger partial charge in [0.15, 0.2) is 6.10 Å². The molecule has 0 aromatic carbocycles. The lowest BCUT2D eigenvalue weighted by molar-refractivity contribution is -0.134. The van der Waals surface area contributed by atoms with Gasteiger partial charge in [0, 0.05) is 12.6 Å². The van der Waals surface area contributed by atoms with Crippen molar-refractivity contribution in [1.29, 1.82) is 0 Å². The second-order valence-electron chi connectivity index (χ2n) is 5.39. The molecule has 0 aliphatic carbocycles. The minimum absolute atomic E-state index is 0.0495. The van der Waals surface area contributed by atoms with Crippen molar-refractivity contribution in [2.24, 2.45) is 0 Å². The van der Waals surface area contributed by atoms with Crippen molar-refractivity contribution in [1.82, 2.24) is 26.1 Å². The lowest BCUT2D eigenvalue weighted by atomic mass is 10.2. The molecule has 2 fully saturated rings. The molecule has 0 saturated carbocycles. The van der Waals surface area contributed by atoms with Gasteiger partial charge in [-0.05, 0) is 13.3 Å². The Bertz CT molecular complexity index is 485. The first kappa shape index (κ1) is 14.2. The third-order valence-corrected chi connectivity index (χ3v) is 3.68. The Balaban J connectivity index is 1.57. The molecule has 2 aliphatic rings.